The first-order valence-electron chi connectivity index (χ1n) is 8.65. The van der Waals surface area contributed by atoms with Crippen LogP contribution in [0.5, 0.6) is 0 Å². The number of hydrogen-bond acceptors (Lipinski definition) is 4. The van der Waals surface area contributed by atoms with E-state index in [9.17, 15) is 13.2 Å². The van der Waals surface area contributed by atoms with Gasteiger partial charge in [0.05, 0.1) is 28.8 Å². The van der Waals surface area contributed by atoms with Crippen molar-refractivity contribution in [3.8, 4) is 0 Å². The van der Waals surface area contributed by atoms with Crippen LogP contribution in [0.4, 0.5) is 5.69 Å². The zero-order valence-electron chi connectivity index (χ0n) is 15.5. The van der Waals surface area contributed by atoms with Crippen LogP contribution in [0.1, 0.15) is 21.5 Å². The van der Waals surface area contributed by atoms with Crippen molar-refractivity contribution in [2.45, 2.75) is 18.7 Å². The lowest BCUT2D eigenvalue weighted by Gasteiger charge is -2.26. The van der Waals surface area contributed by atoms with Gasteiger partial charge in [0, 0.05) is 18.8 Å². The molecule has 1 aliphatic heterocycles. The Morgan fingerprint density at radius 2 is 1.71 bits per heavy atom. The van der Waals surface area contributed by atoms with Gasteiger partial charge in [-0.05, 0) is 49.2 Å². The predicted molar refractivity (Wildman–Crippen MR) is 110 cm³/mol. The molecule has 150 valence electrons. The molecule has 2 aromatic rings. The third-order valence-electron chi connectivity index (χ3n) is 4.62. The van der Waals surface area contributed by atoms with Gasteiger partial charge in [-0.2, -0.15) is 4.31 Å². The maximum Gasteiger partial charge on any atom is 0.257 e. The van der Waals surface area contributed by atoms with E-state index in [0.717, 1.165) is 11.1 Å². The molecule has 0 saturated carbocycles. The first kappa shape index (κ1) is 21.1. The highest BCUT2D eigenvalue weighted by Crippen LogP contribution is 2.31. The van der Waals surface area contributed by atoms with Crippen molar-refractivity contribution in [1.29, 1.82) is 0 Å². The van der Waals surface area contributed by atoms with E-state index >= 15 is 0 Å². The van der Waals surface area contributed by atoms with E-state index in [1.54, 1.807) is 6.07 Å². The second-order valence-corrected chi connectivity index (χ2v) is 9.25. The van der Waals surface area contributed by atoms with Crippen molar-refractivity contribution in [2.24, 2.45) is 0 Å². The van der Waals surface area contributed by atoms with Gasteiger partial charge in [-0.25, -0.2) is 8.42 Å². The molecule has 2 aromatic carbocycles. The SMILES string of the molecule is Cc1ccc(NC(=O)c2cc(S(=O)(=O)N3CCOCC3)c(Cl)cc2Cl)cc1C. The van der Waals surface area contributed by atoms with Crippen molar-refractivity contribution in [1.82, 2.24) is 4.31 Å². The smallest absolute Gasteiger partial charge is 0.257 e. The molecule has 1 amide bonds. The Kier molecular flexibility index (Phi) is 6.31. The zero-order valence-corrected chi connectivity index (χ0v) is 17.8. The molecule has 1 fully saturated rings. The Morgan fingerprint density at radius 1 is 1.04 bits per heavy atom. The number of rotatable bonds is 4. The molecule has 3 rings (SSSR count). The fraction of sp³-hybridized carbons (Fsp3) is 0.316. The summed E-state index contributed by atoms with van der Waals surface area (Å²) in [5.74, 6) is -0.511. The minimum Gasteiger partial charge on any atom is -0.379 e. The number of nitrogens with one attached hydrogen (secondary N) is 1. The van der Waals surface area contributed by atoms with Crippen LogP contribution in [-0.2, 0) is 14.8 Å². The van der Waals surface area contributed by atoms with Crippen molar-refractivity contribution in [3.05, 3.63) is 57.1 Å². The molecule has 1 N–H and O–H groups in total. The van der Waals surface area contributed by atoms with Gasteiger partial charge in [-0.1, -0.05) is 29.3 Å². The van der Waals surface area contributed by atoms with Crippen molar-refractivity contribution < 1.29 is 17.9 Å². The normalized spacial score (nSPS) is 15.4. The third-order valence-corrected chi connectivity index (χ3v) is 7.29. The third kappa shape index (κ3) is 4.34. The standard InChI is InChI=1S/C19H20Cl2N2O4S/c1-12-3-4-14(9-13(12)2)22-19(24)15-10-18(17(21)11-16(15)20)28(25,26)23-5-7-27-8-6-23/h3-4,9-11H,5-8H2,1-2H3,(H,22,24). The highest BCUT2D eigenvalue weighted by molar-refractivity contribution is 7.89. The van der Waals surface area contributed by atoms with Crippen LogP contribution in [0.25, 0.3) is 0 Å². The van der Waals surface area contributed by atoms with E-state index in [2.05, 4.69) is 5.32 Å². The average Bonchev–Trinajstić information content (AvgIpc) is 2.65. The molecule has 0 aromatic heterocycles. The molecule has 1 saturated heterocycles. The van der Waals surface area contributed by atoms with E-state index in [-0.39, 0.29) is 33.6 Å². The number of amides is 1. The van der Waals surface area contributed by atoms with E-state index in [0.29, 0.717) is 18.9 Å². The van der Waals surface area contributed by atoms with Crippen molar-refractivity contribution >= 4 is 44.8 Å². The topological polar surface area (TPSA) is 75.7 Å². The minimum absolute atomic E-state index is 0.0285. The fourth-order valence-corrected chi connectivity index (χ4v) is 5.09. The van der Waals surface area contributed by atoms with Gasteiger partial charge < -0.3 is 10.1 Å². The Labute approximate surface area is 174 Å². The van der Waals surface area contributed by atoms with Crippen molar-refractivity contribution in [3.63, 3.8) is 0 Å². The Bertz CT molecular complexity index is 1020. The van der Waals surface area contributed by atoms with E-state index in [1.165, 1.54) is 16.4 Å². The summed E-state index contributed by atoms with van der Waals surface area (Å²) in [6.07, 6.45) is 0. The van der Waals surface area contributed by atoms with E-state index < -0.39 is 15.9 Å². The fourth-order valence-electron chi connectivity index (χ4n) is 2.84. The number of aryl methyl sites for hydroxylation is 2. The predicted octanol–water partition coefficient (Wildman–Crippen LogP) is 3.88. The van der Waals surface area contributed by atoms with Crippen LogP contribution in [-0.4, -0.2) is 44.9 Å². The number of carbonyl (C=O) groups is 1. The number of hydrogen-bond donors (Lipinski definition) is 1. The molecule has 0 unspecified atom stereocenters. The molecule has 0 radical (unpaired) electrons. The maximum absolute atomic E-state index is 12.9. The summed E-state index contributed by atoms with van der Waals surface area (Å²) in [5, 5.41) is 2.80. The van der Waals surface area contributed by atoms with Gasteiger partial charge in [-0.3, -0.25) is 4.79 Å². The number of morpholine rings is 1. The number of halogens is 2. The summed E-state index contributed by atoms with van der Waals surface area (Å²) in [6, 6.07) is 8.01. The van der Waals surface area contributed by atoms with Crippen molar-refractivity contribution in [2.75, 3.05) is 31.6 Å². The number of sulfonamides is 1. The van der Waals surface area contributed by atoms with Gasteiger partial charge in [0.1, 0.15) is 4.90 Å². The molecular weight excluding hydrogens is 423 g/mol. The minimum atomic E-state index is -3.87. The second kappa shape index (κ2) is 8.39. The molecule has 0 atom stereocenters. The van der Waals surface area contributed by atoms with Gasteiger partial charge in [0.2, 0.25) is 10.0 Å². The Balaban J connectivity index is 1.94. The van der Waals surface area contributed by atoms with Gasteiger partial charge in [-0.15, -0.1) is 0 Å². The van der Waals surface area contributed by atoms with Gasteiger partial charge >= 0.3 is 0 Å². The first-order chi connectivity index (χ1) is 13.2. The largest absolute Gasteiger partial charge is 0.379 e. The lowest BCUT2D eigenvalue weighted by Crippen LogP contribution is -2.40. The Morgan fingerprint density at radius 3 is 2.36 bits per heavy atom. The van der Waals surface area contributed by atoms with Gasteiger partial charge in [0.25, 0.3) is 5.91 Å². The van der Waals surface area contributed by atoms with E-state index in [4.69, 9.17) is 27.9 Å². The monoisotopic (exact) mass is 442 g/mol. The Hall–Kier alpha value is -1.64. The molecule has 1 aliphatic rings. The first-order valence-corrected chi connectivity index (χ1v) is 10.9. The molecule has 6 nitrogen and oxygen atoms in total. The van der Waals surface area contributed by atoms with Crippen LogP contribution in [0.2, 0.25) is 10.0 Å². The molecule has 0 spiro atoms. The second-order valence-electron chi connectivity index (χ2n) is 6.53. The summed E-state index contributed by atoms with van der Waals surface area (Å²) < 4.78 is 32.4. The van der Waals surface area contributed by atoms with Crippen LogP contribution in [0.3, 0.4) is 0 Å². The number of ether oxygens (including phenoxy) is 1. The molecule has 0 bridgehead atoms. The lowest BCUT2D eigenvalue weighted by atomic mass is 10.1. The number of benzene rings is 2. The number of nitrogens with zero attached hydrogens (tertiary/aromatic N) is 1. The van der Waals surface area contributed by atoms with E-state index in [1.807, 2.05) is 26.0 Å². The molecular formula is C19H20Cl2N2O4S. The quantitative estimate of drug-likeness (QED) is 0.778. The number of carbonyl (C=O) groups excluding carboxylic acids is 1. The van der Waals surface area contributed by atoms with Crippen LogP contribution in [0.15, 0.2) is 35.2 Å². The van der Waals surface area contributed by atoms with Crippen LogP contribution >= 0.6 is 23.2 Å². The highest BCUT2D eigenvalue weighted by atomic mass is 35.5. The molecule has 1 heterocycles. The summed E-state index contributed by atoms with van der Waals surface area (Å²) in [5.41, 5.74) is 2.75. The maximum atomic E-state index is 12.9. The summed E-state index contributed by atoms with van der Waals surface area (Å²) in [7, 11) is -3.87. The summed E-state index contributed by atoms with van der Waals surface area (Å²) >= 11 is 12.3. The van der Waals surface area contributed by atoms with Gasteiger partial charge in [0.15, 0.2) is 0 Å². The number of anilines is 1. The molecule has 28 heavy (non-hydrogen) atoms. The zero-order chi connectivity index (χ0) is 20.5. The summed E-state index contributed by atoms with van der Waals surface area (Å²) in [4.78, 5) is 12.6. The lowest BCUT2D eigenvalue weighted by molar-refractivity contribution is 0.0730. The highest BCUT2D eigenvalue weighted by Gasteiger charge is 2.30. The molecule has 0 aliphatic carbocycles. The average molecular weight is 443 g/mol. The molecule has 9 heteroatoms. The van der Waals surface area contributed by atoms with Crippen LogP contribution < -0.4 is 5.32 Å². The summed E-state index contributed by atoms with van der Waals surface area (Å²) in [6.45, 7) is 4.99. The van der Waals surface area contributed by atoms with Crippen LogP contribution in [0, 0.1) is 13.8 Å².